The van der Waals surface area contributed by atoms with Crippen LogP contribution in [-0.2, 0) is 11.0 Å². The van der Waals surface area contributed by atoms with E-state index < -0.39 is 11.7 Å². The maximum atomic E-state index is 13.6. The SMILES string of the molecule is CC(C)(C)c1ccc(C(O)CCCN2CCC(C(O)(c3ccccc3)c3ccc(F)cc3)CC2)cc1. The molecule has 0 amide bonds. The highest BCUT2D eigenvalue weighted by Gasteiger charge is 2.41. The number of hydrogen-bond donors (Lipinski definition) is 2. The third kappa shape index (κ3) is 6.05. The molecule has 0 saturated carbocycles. The zero-order chi connectivity index (χ0) is 25.8. The molecule has 36 heavy (non-hydrogen) atoms. The molecule has 0 aromatic heterocycles. The summed E-state index contributed by atoms with van der Waals surface area (Å²) < 4.78 is 13.6. The monoisotopic (exact) mass is 489 g/mol. The fourth-order valence-electron chi connectivity index (χ4n) is 5.49. The van der Waals surface area contributed by atoms with Crippen LogP contribution in [0.2, 0.25) is 0 Å². The highest BCUT2D eigenvalue weighted by molar-refractivity contribution is 5.37. The van der Waals surface area contributed by atoms with Crippen LogP contribution in [0.4, 0.5) is 4.39 Å². The lowest BCUT2D eigenvalue weighted by atomic mass is 9.72. The summed E-state index contributed by atoms with van der Waals surface area (Å²) in [5, 5.41) is 22.7. The minimum absolute atomic E-state index is 0.0496. The summed E-state index contributed by atoms with van der Waals surface area (Å²) in [6.45, 7) is 9.32. The van der Waals surface area contributed by atoms with Crippen molar-refractivity contribution < 1.29 is 14.6 Å². The van der Waals surface area contributed by atoms with Crippen LogP contribution in [0.1, 0.15) is 74.8 Å². The van der Waals surface area contributed by atoms with Gasteiger partial charge in [0.15, 0.2) is 0 Å². The molecule has 4 heteroatoms. The van der Waals surface area contributed by atoms with Crippen molar-refractivity contribution in [3.8, 4) is 0 Å². The first kappa shape index (κ1) is 26.5. The average molecular weight is 490 g/mol. The number of nitrogens with zero attached hydrogens (tertiary/aromatic N) is 1. The van der Waals surface area contributed by atoms with Crippen molar-refractivity contribution in [3.05, 3.63) is 107 Å². The van der Waals surface area contributed by atoms with Crippen LogP contribution in [0, 0.1) is 11.7 Å². The van der Waals surface area contributed by atoms with Gasteiger partial charge >= 0.3 is 0 Å². The Labute approximate surface area is 215 Å². The van der Waals surface area contributed by atoms with Crippen LogP contribution >= 0.6 is 0 Å². The summed E-state index contributed by atoms with van der Waals surface area (Å²) in [5.41, 5.74) is 2.83. The Hall–Kier alpha value is -2.53. The number of aliphatic hydroxyl groups is 2. The maximum absolute atomic E-state index is 13.6. The Balaban J connectivity index is 1.33. The van der Waals surface area contributed by atoms with E-state index in [0.717, 1.165) is 62.0 Å². The van der Waals surface area contributed by atoms with Crippen molar-refractivity contribution >= 4 is 0 Å². The molecule has 0 spiro atoms. The summed E-state index contributed by atoms with van der Waals surface area (Å²) in [6, 6.07) is 24.4. The Morgan fingerprint density at radius 1 is 0.833 bits per heavy atom. The molecule has 1 fully saturated rings. The molecule has 192 valence electrons. The van der Waals surface area contributed by atoms with E-state index in [1.54, 1.807) is 12.1 Å². The first-order valence-electron chi connectivity index (χ1n) is 13.2. The van der Waals surface area contributed by atoms with Gasteiger partial charge in [0.25, 0.3) is 0 Å². The third-order valence-corrected chi connectivity index (χ3v) is 7.79. The fraction of sp³-hybridized carbons (Fsp3) is 0.438. The minimum Gasteiger partial charge on any atom is -0.388 e. The van der Waals surface area contributed by atoms with Gasteiger partial charge in [-0.2, -0.15) is 0 Å². The van der Waals surface area contributed by atoms with E-state index in [4.69, 9.17) is 0 Å². The normalized spacial score (nSPS) is 18.1. The molecule has 0 radical (unpaired) electrons. The molecular formula is C32H40FNO2. The van der Waals surface area contributed by atoms with Crippen molar-refractivity contribution in [3.63, 3.8) is 0 Å². The van der Waals surface area contributed by atoms with E-state index >= 15 is 0 Å². The van der Waals surface area contributed by atoms with Crippen molar-refractivity contribution in [2.24, 2.45) is 5.92 Å². The highest BCUT2D eigenvalue weighted by atomic mass is 19.1. The summed E-state index contributed by atoms with van der Waals surface area (Å²) in [6.07, 6.45) is 2.93. The molecular weight excluding hydrogens is 449 g/mol. The van der Waals surface area contributed by atoms with Gasteiger partial charge in [-0.25, -0.2) is 4.39 Å². The Kier molecular flexibility index (Phi) is 8.29. The Bertz CT molecular complexity index is 1080. The van der Waals surface area contributed by atoms with E-state index in [2.05, 4.69) is 49.9 Å². The van der Waals surface area contributed by atoms with Crippen molar-refractivity contribution in [1.29, 1.82) is 0 Å². The van der Waals surface area contributed by atoms with Gasteiger partial charge in [-0.05, 0) is 91.0 Å². The number of halogens is 1. The van der Waals surface area contributed by atoms with E-state index in [0.29, 0.717) is 0 Å². The van der Waals surface area contributed by atoms with Gasteiger partial charge in [0.1, 0.15) is 11.4 Å². The summed E-state index contributed by atoms with van der Waals surface area (Å²) in [7, 11) is 0. The summed E-state index contributed by atoms with van der Waals surface area (Å²) in [4.78, 5) is 2.43. The van der Waals surface area contributed by atoms with Crippen LogP contribution in [0.3, 0.4) is 0 Å². The van der Waals surface area contributed by atoms with Crippen molar-refractivity contribution in [1.82, 2.24) is 4.90 Å². The molecule has 3 aromatic carbocycles. The topological polar surface area (TPSA) is 43.7 Å². The first-order valence-corrected chi connectivity index (χ1v) is 13.2. The molecule has 4 rings (SSSR count). The molecule has 3 nitrogen and oxygen atoms in total. The van der Waals surface area contributed by atoms with Gasteiger partial charge < -0.3 is 15.1 Å². The Morgan fingerprint density at radius 3 is 1.97 bits per heavy atom. The summed E-state index contributed by atoms with van der Waals surface area (Å²) >= 11 is 0. The standard InChI is InChI=1S/C32H40FNO2/c1-31(2,3)25-13-11-24(12-14-25)30(35)10-7-21-34-22-19-28(20-23-34)32(36,26-8-5-4-6-9-26)27-15-17-29(33)18-16-27/h4-6,8-9,11-18,28,30,35-36H,7,10,19-23H2,1-3H3. The first-order chi connectivity index (χ1) is 17.2. The fourth-order valence-corrected chi connectivity index (χ4v) is 5.49. The van der Waals surface area contributed by atoms with E-state index in [1.165, 1.54) is 17.7 Å². The van der Waals surface area contributed by atoms with Gasteiger partial charge in [-0.1, -0.05) is 87.5 Å². The number of aliphatic hydroxyl groups excluding tert-OH is 1. The van der Waals surface area contributed by atoms with Crippen LogP contribution in [0.25, 0.3) is 0 Å². The number of piperidine rings is 1. The van der Waals surface area contributed by atoms with Crippen LogP contribution in [0.15, 0.2) is 78.9 Å². The number of rotatable bonds is 8. The van der Waals surface area contributed by atoms with E-state index in [9.17, 15) is 14.6 Å². The number of likely N-dealkylation sites (tertiary alicyclic amines) is 1. The zero-order valence-electron chi connectivity index (χ0n) is 21.8. The van der Waals surface area contributed by atoms with Crippen LogP contribution in [0.5, 0.6) is 0 Å². The van der Waals surface area contributed by atoms with E-state index in [-0.39, 0.29) is 17.2 Å². The molecule has 1 aliphatic rings. The molecule has 1 saturated heterocycles. The second-order valence-electron chi connectivity index (χ2n) is 11.3. The lowest BCUT2D eigenvalue weighted by molar-refractivity contribution is -0.0146. The molecule has 0 bridgehead atoms. The minimum atomic E-state index is -1.14. The van der Waals surface area contributed by atoms with Gasteiger partial charge in [0.05, 0.1) is 6.10 Å². The van der Waals surface area contributed by atoms with Crippen LogP contribution < -0.4 is 0 Å². The lowest BCUT2D eigenvalue weighted by Gasteiger charge is -2.42. The highest BCUT2D eigenvalue weighted by Crippen LogP contribution is 2.42. The van der Waals surface area contributed by atoms with Gasteiger partial charge in [-0.15, -0.1) is 0 Å². The number of benzene rings is 3. The predicted molar refractivity (Wildman–Crippen MR) is 144 cm³/mol. The molecule has 1 heterocycles. The predicted octanol–water partition coefficient (Wildman–Crippen LogP) is 6.58. The molecule has 3 aromatic rings. The lowest BCUT2D eigenvalue weighted by Crippen LogP contribution is -2.44. The largest absolute Gasteiger partial charge is 0.388 e. The maximum Gasteiger partial charge on any atom is 0.123 e. The second-order valence-corrected chi connectivity index (χ2v) is 11.3. The van der Waals surface area contributed by atoms with E-state index in [1.807, 2.05) is 30.3 Å². The molecule has 2 unspecified atom stereocenters. The summed E-state index contributed by atoms with van der Waals surface area (Å²) in [5.74, 6) is -0.246. The van der Waals surface area contributed by atoms with Crippen molar-refractivity contribution in [2.75, 3.05) is 19.6 Å². The van der Waals surface area contributed by atoms with Gasteiger partial charge in [0, 0.05) is 0 Å². The Morgan fingerprint density at radius 2 is 1.39 bits per heavy atom. The zero-order valence-corrected chi connectivity index (χ0v) is 21.8. The quantitative estimate of drug-likeness (QED) is 0.375. The molecule has 2 N–H and O–H groups in total. The van der Waals surface area contributed by atoms with Crippen molar-refractivity contribution in [2.45, 2.75) is 63.6 Å². The van der Waals surface area contributed by atoms with Crippen LogP contribution in [-0.4, -0.2) is 34.7 Å². The molecule has 1 aliphatic heterocycles. The average Bonchev–Trinajstić information content (AvgIpc) is 2.89. The second kappa shape index (κ2) is 11.2. The molecule has 0 aliphatic carbocycles. The molecule has 2 atom stereocenters. The van der Waals surface area contributed by atoms with Gasteiger partial charge in [0.2, 0.25) is 0 Å². The smallest absolute Gasteiger partial charge is 0.123 e. The number of hydrogen-bond acceptors (Lipinski definition) is 3. The third-order valence-electron chi connectivity index (χ3n) is 7.79. The van der Waals surface area contributed by atoms with Gasteiger partial charge in [-0.3, -0.25) is 0 Å².